The van der Waals surface area contributed by atoms with E-state index in [-0.39, 0.29) is 29.8 Å². The summed E-state index contributed by atoms with van der Waals surface area (Å²) in [5.41, 5.74) is 3.92. The van der Waals surface area contributed by atoms with Crippen molar-refractivity contribution in [1.82, 2.24) is 19.9 Å². The molecule has 1 aliphatic rings. The van der Waals surface area contributed by atoms with Gasteiger partial charge < -0.3 is 15.5 Å². The summed E-state index contributed by atoms with van der Waals surface area (Å²) < 4.78 is 1.72. The van der Waals surface area contributed by atoms with Gasteiger partial charge in [-0.05, 0) is 44.7 Å². The van der Waals surface area contributed by atoms with Crippen LogP contribution in [0.4, 0.5) is 10.8 Å². The van der Waals surface area contributed by atoms with Crippen LogP contribution in [0.2, 0.25) is 0 Å². The lowest BCUT2D eigenvalue weighted by Crippen LogP contribution is -2.42. The number of nitrogens with zero attached hydrogens (tertiary/aromatic N) is 4. The highest BCUT2D eigenvalue weighted by atomic mass is 32.1. The van der Waals surface area contributed by atoms with Crippen LogP contribution in [0.5, 0.6) is 0 Å². The van der Waals surface area contributed by atoms with E-state index >= 15 is 0 Å². The Morgan fingerprint density at radius 3 is 2.64 bits per heavy atom. The number of fused-ring (bicyclic) bond motifs is 1. The van der Waals surface area contributed by atoms with Crippen molar-refractivity contribution in [2.24, 2.45) is 5.92 Å². The Morgan fingerprint density at radius 1 is 1.21 bits per heavy atom. The first kappa shape index (κ1) is 22.9. The summed E-state index contributed by atoms with van der Waals surface area (Å²) in [5, 5.41) is 6.31. The molecule has 0 aliphatic carbocycles. The van der Waals surface area contributed by atoms with E-state index in [1.165, 1.54) is 22.2 Å². The van der Waals surface area contributed by atoms with Crippen LogP contribution in [0.25, 0.3) is 10.3 Å². The molecule has 0 saturated carbocycles. The van der Waals surface area contributed by atoms with Crippen LogP contribution in [-0.2, 0) is 16.1 Å². The molecule has 1 aromatic carbocycles. The van der Waals surface area contributed by atoms with Crippen molar-refractivity contribution in [1.29, 1.82) is 0 Å². The average molecular weight is 469 g/mol. The van der Waals surface area contributed by atoms with Gasteiger partial charge in [0.1, 0.15) is 17.6 Å². The number of aromatic nitrogens is 3. The average Bonchev–Trinajstić information content (AvgIpc) is 3.23. The highest BCUT2D eigenvalue weighted by Gasteiger charge is 2.27. The van der Waals surface area contributed by atoms with E-state index in [1.54, 1.807) is 7.05 Å². The highest BCUT2D eigenvalue weighted by Crippen LogP contribution is 2.29. The summed E-state index contributed by atoms with van der Waals surface area (Å²) in [7, 11) is 1.64. The molecule has 1 aliphatic heterocycles. The lowest BCUT2D eigenvalue weighted by molar-refractivity contribution is -0.124. The maximum absolute atomic E-state index is 13.0. The second-order valence-corrected chi connectivity index (χ2v) is 9.53. The van der Waals surface area contributed by atoms with E-state index in [0.717, 1.165) is 41.8 Å². The summed E-state index contributed by atoms with van der Waals surface area (Å²) in [4.78, 5) is 48.6. The number of thiazole rings is 1. The zero-order valence-corrected chi connectivity index (χ0v) is 20.1. The van der Waals surface area contributed by atoms with Gasteiger partial charge >= 0.3 is 0 Å². The van der Waals surface area contributed by atoms with Gasteiger partial charge in [0.05, 0.1) is 5.92 Å². The molecule has 0 unspecified atom stereocenters. The van der Waals surface area contributed by atoms with Gasteiger partial charge in [0.15, 0.2) is 10.8 Å². The summed E-state index contributed by atoms with van der Waals surface area (Å²) in [6.07, 6.45) is 3.08. The molecule has 174 valence electrons. The minimum Gasteiger partial charge on any atom is -0.359 e. The third-order valence-corrected chi connectivity index (χ3v) is 7.03. The lowest BCUT2D eigenvalue weighted by atomic mass is 9.98. The molecular formula is C23H28N6O3S. The molecule has 1 fully saturated rings. The summed E-state index contributed by atoms with van der Waals surface area (Å²) in [6.45, 7) is 7.11. The summed E-state index contributed by atoms with van der Waals surface area (Å²) in [6, 6.07) is 4.02. The number of hydrogen-bond acceptors (Lipinski definition) is 7. The predicted octanol–water partition coefficient (Wildman–Crippen LogP) is 2.38. The first-order valence-corrected chi connectivity index (χ1v) is 11.8. The monoisotopic (exact) mass is 468 g/mol. The van der Waals surface area contributed by atoms with Crippen molar-refractivity contribution >= 4 is 44.3 Å². The van der Waals surface area contributed by atoms with Crippen LogP contribution < -0.4 is 21.1 Å². The van der Waals surface area contributed by atoms with E-state index in [2.05, 4.69) is 20.6 Å². The molecular weight excluding hydrogens is 440 g/mol. The Kier molecular flexibility index (Phi) is 6.46. The minimum absolute atomic E-state index is 0.0198. The highest BCUT2D eigenvalue weighted by molar-refractivity contribution is 7.22. The van der Waals surface area contributed by atoms with Crippen LogP contribution in [0.3, 0.4) is 0 Å². The smallest absolute Gasteiger partial charge is 0.273 e. The van der Waals surface area contributed by atoms with Crippen molar-refractivity contribution < 1.29 is 9.59 Å². The molecule has 1 atom stereocenters. The molecule has 10 heteroatoms. The Labute approximate surface area is 195 Å². The molecule has 2 aromatic heterocycles. The Balaban J connectivity index is 1.53. The van der Waals surface area contributed by atoms with Crippen molar-refractivity contribution in [2.45, 2.75) is 40.2 Å². The molecule has 0 bridgehead atoms. The van der Waals surface area contributed by atoms with Crippen molar-refractivity contribution in [2.75, 3.05) is 30.4 Å². The van der Waals surface area contributed by atoms with Crippen LogP contribution >= 0.6 is 11.3 Å². The van der Waals surface area contributed by atoms with Gasteiger partial charge in [-0.15, -0.1) is 0 Å². The van der Waals surface area contributed by atoms with Gasteiger partial charge in [0.2, 0.25) is 11.8 Å². The van der Waals surface area contributed by atoms with Gasteiger partial charge in [-0.25, -0.2) is 4.98 Å². The van der Waals surface area contributed by atoms with E-state index in [4.69, 9.17) is 0 Å². The normalized spacial score (nSPS) is 16.1. The predicted molar refractivity (Wildman–Crippen MR) is 130 cm³/mol. The standard InChI is InChI=1S/C23H28N6O3S/c1-13-8-14(2)18(15(3)9-13)26-17(30)11-29-12-25-20-19(22(29)32)33-23(27-20)28-7-5-6-16(10-28)21(31)24-4/h8-9,12,16H,5-7,10-11H2,1-4H3,(H,24,31)(H,26,30)/t16-/m1/s1. The fourth-order valence-corrected chi connectivity index (χ4v) is 5.37. The Morgan fingerprint density at radius 2 is 1.94 bits per heavy atom. The van der Waals surface area contributed by atoms with Gasteiger partial charge in [-0.1, -0.05) is 29.0 Å². The first-order chi connectivity index (χ1) is 15.8. The van der Waals surface area contributed by atoms with Crippen LogP contribution in [0.1, 0.15) is 29.5 Å². The largest absolute Gasteiger partial charge is 0.359 e. The van der Waals surface area contributed by atoms with E-state index in [9.17, 15) is 14.4 Å². The maximum atomic E-state index is 13.0. The third kappa shape index (κ3) is 4.75. The number of benzene rings is 1. The van der Waals surface area contributed by atoms with Crippen molar-refractivity contribution in [3.8, 4) is 0 Å². The number of carbonyl (C=O) groups excluding carboxylic acids is 2. The van der Waals surface area contributed by atoms with Gasteiger partial charge in [0.25, 0.3) is 5.56 Å². The molecule has 1 saturated heterocycles. The number of carbonyl (C=O) groups is 2. The summed E-state index contributed by atoms with van der Waals surface area (Å²) >= 11 is 1.26. The first-order valence-electron chi connectivity index (χ1n) is 11.0. The molecule has 2 amide bonds. The number of aryl methyl sites for hydroxylation is 3. The maximum Gasteiger partial charge on any atom is 0.273 e. The van der Waals surface area contributed by atoms with Crippen molar-refractivity contribution in [3.05, 3.63) is 45.5 Å². The molecule has 3 heterocycles. The van der Waals surface area contributed by atoms with Gasteiger partial charge in [-0.2, -0.15) is 4.98 Å². The molecule has 33 heavy (non-hydrogen) atoms. The van der Waals surface area contributed by atoms with E-state index in [1.807, 2.05) is 37.8 Å². The number of hydrogen-bond donors (Lipinski definition) is 2. The topological polar surface area (TPSA) is 109 Å². The lowest BCUT2D eigenvalue weighted by Gasteiger charge is -2.31. The van der Waals surface area contributed by atoms with Crippen LogP contribution in [0.15, 0.2) is 23.3 Å². The molecule has 0 spiro atoms. The number of anilines is 2. The molecule has 2 N–H and O–H groups in total. The van der Waals surface area contributed by atoms with Gasteiger partial charge in [0, 0.05) is 25.8 Å². The Hall–Kier alpha value is -3.27. The quantitative estimate of drug-likeness (QED) is 0.595. The minimum atomic E-state index is -0.295. The van der Waals surface area contributed by atoms with Crippen LogP contribution in [-0.4, -0.2) is 46.5 Å². The number of piperidine rings is 1. The molecule has 9 nitrogen and oxygen atoms in total. The SMILES string of the molecule is CNC(=O)[C@@H]1CCCN(c2nc3ncn(CC(=O)Nc4c(C)cc(C)cc4C)c(=O)c3s2)C1. The zero-order chi connectivity index (χ0) is 23.7. The zero-order valence-electron chi connectivity index (χ0n) is 19.3. The van der Waals surface area contributed by atoms with Crippen molar-refractivity contribution in [3.63, 3.8) is 0 Å². The number of rotatable bonds is 5. The van der Waals surface area contributed by atoms with E-state index < -0.39 is 0 Å². The van der Waals surface area contributed by atoms with Gasteiger partial charge in [-0.3, -0.25) is 19.0 Å². The molecule has 3 aromatic rings. The fraction of sp³-hybridized carbons (Fsp3) is 0.435. The second-order valence-electron chi connectivity index (χ2n) is 8.55. The summed E-state index contributed by atoms with van der Waals surface area (Å²) in [5.74, 6) is -0.369. The third-order valence-electron chi connectivity index (χ3n) is 5.94. The second kappa shape index (κ2) is 9.30. The molecule has 0 radical (unpaired) electrons. The Bertz CT molecular complexity index is 1260. The van der Waals surface area contributed by atoms with Crippen LogP contribution in [0, 0.1) is 26.7 Å². The number of amides is 2. The molecule has 4 rings (SSSR count). The van der Waals surface area contributed by atoms with E-state index in [0.29, 0.717) is 22.0 Å². The fourth-order valence-electron chi connectivity index (χ4n) is 4.36. The number of nitrogens with one attached hydrogen (secondary N) is 2.